The molecule has 0 aliphatic heterocycles. The Kier molecular flexibility index (Phi) is 4.97. The van der Waals surface area contributed by atoms with Crippen LogP contribution in [0.4, 0.5) is 18.9 Å². The average Bonchev–Trinajstić information content (AvgIpc) is 3.20. The Labute approximate surface area is 157 Å². The van der Waals surface area contributed by atoms with Crippen molar-refractivity contribution in [2.24, 2.45) is 7.05 Å². The summed E-state index contributed by atoms with van der Waals surface area (Å²) < 4.78 is 42.4. The van der Waals surface area contributed by atoms with E-state index in [1.165, 1.54) is 22.5 Å². The summed E-state index contributed by atoms with van der Waals surface area (Å²) >= 11 is 6.16. The normalized spacial score (nSPS) is 11.6. The second-order valence-corrected chi connectivity index (χ2v) is 6.12. The summed E-state index contributed by atoms with van der Waals surface area (Å²) in [5, 5.41) is 4.12. The van der Waals surface area contributed by atoms with Crippen LogP contribution in [0.3, 0.4) is 0 Å². The van der Waals surface area contributed by atoms with E-state index in [2.05, 4.69) is 10.1 Å². The fourth-order valence-corrected chi connectivity index (χ4v) is 2.93. The van der Waals surface area contributed by atoms with Gasteiger partial charge in [-0.2, -0.15) is 18.3 Å². The average molecular weight is 398 g/mol. The molecule has 0 aliphatic carbocycles. The molecule has 0 atom stereocenters. The van der Waals surface area contributed by atoms with Crippen LogP contribution in [0.15, 0.2) is 43.1 Å². The number of rotatable bonds is 4. The van der Waals surface area contributed by atoms with Crippen LogP contribution in [0.25, 0.3) is 5.69 Å². The van der Waals surface area contributed by atoms with Crippen molar-refractivity contribution < 1.29 is 18.0 Å². The zero-order valence-electron chi connectivity index (χ0n) is 14.4. The number of hydrogen-bond donors (Lipinski definition) is 0. The minimum absolute atomic E-state index is 0.00135. The Morgan fingerprint density at radius 2 is 2.04 bits per heavy atom. The molecule has 0 radical (unpaired) electrons. The third kappa shape index (κ3) is 3.68. The first-order valence-corrected chi connectivity index (χ1v) is 8.30. The molecule has 27 heavy (non-hydrogen) atoms. The van der Waals surface area contributed by atoms with E-state index in [1.54, 1.807) is 31.5 Å². The van der Waals surface area contributed by atoms with Gasteiger partial charge in [-0.1, -0.05) is 11.6 Å². The summed E-state index contributed by atoms with van der Waals surface area (Å²) in [6.07, 6.45) is 2.00. The van der Waals surface area contributed by atoms with Crippen LogP contribution in [-0.4, -0.2) is 31.8 Å². The maximum absolute atomic E-state index is 13.3. The molecule has 3 aromatic rings. The van der Waals surface area contributed by atoms with Gasteiger partial charge in [-0.05, 0) is 19.1 Å². The Hall–Kier alpha value is -2.81. The lowest BCUT2D eigenvalue weighted by molar-refractivity contribution is -0.137. The lowest BCUT2D eigenvalue weighted by Crippen LogP contribution is -2.31. The van der Waals surface area contributed by atoms with Crippen molar-refractivity contribution in [1.29, 1.82) is 0 Å². The first-order chi connectivity index (χ1) is 12.7. The summed E-state index contributed by atoms with van der Waals surface area (Å²) in [5.41, 5.74) is -0.629. The van der Waals surface area contributed by atoms with Gasteiger partial charge in [0, 0.05) is 32.2 Å². The van der Waals surface area contributed by atoms with Gasteiger partial charge in [0.1, 0.15) is 5.69 Å². The van der Waals surface area contributed by atoms with Crippen LogP contribution in [0.1, 0.15) is 22.8 Å². The molecule has 0 saturated heterocycles. The third-order valence-corrected chi connectivity index (χ3v) is 4.17. The van der Waals surface area contributed by atoms with Gasteiger partial charge in [-0.3, -0.25) is 9.78 Å². The largest absolute Gasteiger partial charge is 0.418 e. The minimum atomic E-state index is -4.64. The highest BCUT2D eigenvalue weighted by atomic mass is 35.5. The summed E-state index contributed by atoms with van der Waals surface area (Å²) in [4.78, 5) is 18.0. The summed E-state index contributed by atoms with van der Waals surface area (Å²) in [5.74, 6) is -0.807. The SMILES string of the molecule is CCN(C(=O)c1cn(C)cc1C(F)(F)F)c1cn(-c2cccnc2)nc1Cl. The van der Waals surface area contributed by atoms with Crippen molar-refractivity contribution in [3.05, 3.63) is 59.4 Å². The molecule has 0 spiro atoms. The quantitative estimate of drug-likeness (QED) is 0.670. The monoisotopic (exact) mass is 397 g/mol. The number of carbonyl (C=O) groups excluding carboxylic acids is 1. The molecule has 0 aliphatic rings. The third-order valence-electron chi connectivity index (χ3n) is 3.91. The first kappa shape index (κ1) is 19.0. The maximum atomic E-state index is 13.3. The number of amides is 1. The molecule has 3 rings (SSSR count). The molecule has 0 fully saturated rings. The maximum Gasteiger partial charge on any atom is 0.418 e. The van der Waals surface area contributed by atoms with Gasteiger partial charge in [-0.25, -0.2) is 4.68 Å². The van der Waals surface area contributed by atoms with Crippen LogP contribution >= 0.6 is 11.6 Å². The summed E-state index contributed by atoms with van der Waals surface area (Å²) in [6.45, 7) is 1.76. The van der Waals surface area contributed by atoms with E-state index in [-0.39, 0.29) is 17.4 Å². The van der Waals surface area contributed by atoms with E-state index in [1.807, 2.05) is 0 Å². The molecular weight excluding hydrogens is 383 g/mol. The smallest absolute Gasteiger partial charge is 0.356 e. The highest BCUT2D eigenvalue weighted by Gasteiger charge is 2.38. The molecule has 0 unspecified atom stereocenters. The molecule has 0 N–H and O–H groups in total. The van der Waals surface area contributed by atoms with E-state index in [9.17, 15) is 18.0 Å². The highest BCUT2D eigenvalue weighted by Crippen LogP contribution is 2.34. The van der Waals surface area contributed by atoms with Gasteiger partial charge < -0.3 is 9.47 Å². The zero-order chi connectivity index (χ0) is 19.8. The minimum Gasteiger partial charge on any atom is -0.356 e. The van der Waals surface area contributed by atoms with Crippen LogP contribution in [0.2, 0.25) is 5.15 Å². The van der Waals surface area contributed by atoms with E-state index in [4.69, 9.17) is 11.6 Å². The Morgan fingerprint density at radius 3 is 2.63 bits per heavy atom. The Balaban J connectivity index is 2.02. The number of aromatic nitrogens is 4. The van der Waals surface area contributed by atoms with Crippen molar-refractivity contribution in [1.82, 2.24) is 19.3 Å². The van der Waals surface area contributed by atoms with Gasteiger partial charge in [0.15, 0.2) is 5.15 Å². The highest BCUT2D eigenvalue weighted by molar-refractivity contribution is 6.32. The predicted octanol–water partition coefficient (Wildman–Crippen LogP) is 3.94. The predicted molar refractivity (Wildman–Crippen MR) is 94.1 cm³/mol. The Bertz CT molecular complexity index is 965. The molecular formula is C17H15ClF3N5O. The van der Waals surface area contributed by atoms with Gasteiger partial charge in [-0.15, -0.1) is 0 Å². The number of carbonyl (C=O) groups is 1. The standard InChI is InChI=1S/C17H15ClF3N5O/c1-3-25(16(27)12-8-24(2)9-13(12)17(19,20)21)14-10-26(23-15(14)18)11-5-4-6-22-7-11/h4-10H,3H2,1-2H3. The van der Waals surface area contributed by atoms with Crippen LogP contribution in [0, 0.1) is 0 Å². The second-order valence-electron chi connectivity index (χ2n) is 5.76. The van der Waals surface area contributed by atoms with Gasteiger partial charge in [0.2, 0.25) is 0 Å². The van der Waals surface area contributed by atoms with Crippen LogP contribution in [0.5, 0.6) is 0 Å². The molecule has 0 aromatic carbocycles. The number of halogens is 4. The van der Waals surface area contributed by atoms with E-state index in [0.29, 0.717) is 5.69 Å². The van der Waals surface area contributed by atoms with Gasteiger partial charge >= 0.3 is 6.18 Å². The fourth-order valence-electron chi connectivity index (χ4n) is 2.70. The lowest BCUT2D eigenvalue weighted by atomic mass is 10.1. The van der Waals surface area contributed by atoms with Crippen molar-refractivity contribution in [3.63, 3.8) is 0 Å². The molecule has 3 heterocycles. The van der Waals surface area contributed by atoms with Crippen molar-refractivity contribution in [2.45, 2.75) is 13.1 Å². The van der Waals surface area contributed by atoms with Crippen LogP contribution in [-0.2, 0) is 13.2 Å². The molecule has 10 heteroatoms. The number of aryl methyl sites for hydroxylation is 1. The van der Waals surface area contributed by atoms with Gasteiger partial charge in [0.05, 0.1) is 29.2 Å². The second kappa shape index (κ2) is 7.07. The number of anilines is 1. The molecule has 142 valence electrons. The molecule has 3 aromatic heterocycles. The van der Waals surface area contributed by atoms with E-state index < -0.39 is 23.2 Å². The molecule has 1 amide bonds. The van der Waals surface area contributed by atoms with Crippen molar-refractivity contribution >= 4 is 23.2 Å². The lowest BCUT2D eigenvalue weighted by Gasteiger charge is -2.20. The van der Waals surface area contributed by atoms with Crippen molar-refractivity contribution in [3.8, 4) is 5.69 Å². The van der Waals surface area contributed by atoms with Crippen LogP contribution < -0.4 is 4.90 Å². The topological polar surface area (TPSA) is 56.0 Å². The van der Waals surface area contributed by atoms with E-state index in [0.717, 1.165) is 17.3 Å². The van der Waals surface area contributed by atoms with Gasteiger partial charge in [0.25, 0.3) is 5.91 Å². The summed E-state index contributed by atoms with van der Waals surface area (Å²) in [7, 11) is 1.43. The number of pyridine rings is 1. The summed E-state index contributed by atoms with van der Waals surface area (Å²) in [6, 6.07) is 3.43. The zero-order valence-corrected chi connectivity index (χ0v) is 15.2. The number of alkyl halides is 3. The fraction of sp³-hybridized carbons (Fsp3) is 0.235. The first-order valence-electron chi connectivity index (χ1n) is 7.93. The molecule has 0 bridgehead atoms. The van der Waals surface area contributed by atoms with E-state index >= 15 is 0 Å². The Morgan fingerprint density at radius 1 is 1.30 bits per heavy atom. The number of nitrogens with zero attached hydrogens (tertiary/aromatic N) is 5. The molecule has 0 saturated carbocycles. The molecule has 6 nitrogen and oxygen atoms in total. The van der Waals surface area contributed by atoms with Crippen molar-refractivity contribution in [2.75, 3.05) is 11.4 Å². The number of hydrogen-bond acceptors (Lipinski definition) is 3.